The van der Waals surface area contributed by atoms with Gasteiger partial charge in [-0.1, -0.05) is 97.8 Å². The van der Waals surface area contributed by atoms with Gasteiger partial charge < -0.3 is 0 Å². The Kier molecular flexibility index (Phi) is 8.32. The van der Waals surface area contributed by atoms with E-state index in [4.69, 9.17) is 0 Å². The van der Waals surface area contributed by atoms with Crippen LogP contribution in [-0.4, -0.2) is 21.8 Å². The predicted molar refractivity (Wildman–Crippen MR) is 123 cm³/mol. The molecular formula is C23H39O3SSi. The third kappa shape index (κ3) is 4.98. The van der Waals surface area contributed by atoms with Crippen molar-refractivity contribution >= 4 is 18.9 Å². The average Bonchev–Trinajstić information content (AvgIpc) is 2.53. The minimum absolute atomic E-state index is 0.238. The first-order valence-corrected chi connectivity index (χ1v) is 13.6. The summed E-state index contributed by atoms with van der Waals surface area (Å²) < 4.78 is 35.3. The summed E-state index contributed by atoms with van der Waals surface area (Å²) in [6.07, 6.45) is 1.52. The lowest BCUT2D eigenvalue weighted by atomic mass is 9.73. The molecule has 1 radical (unpaired) electrons. The van der Waals surface area contributed by atoms with E-state index in [-0.39, 0.29) is 5.41 Å². The molecule has 0 aliphatic heterocycles. The summed E-state index contributed by atoms with van der Waals surface area (Å²) in [6, 6.07) is 9.33. The van der Waals surface area contributed by atoms with Crippen LogP contribution in [0, 0.1) is 17.8 Å². The van der Waals surface area contributed by atoms with Crippen LogP contribution in [0.4, 0.5) is 0 Å². The molecule has 0 amide bonds. The predicted octanol–water partition coefficient (Wildman–Crippen LogP) is 6.24. The Hall–Kier alpha value is -0.913. The molecule has 0 aliphatic carbocycles. The highest BCUT2D eigenvalue weighted by Gasteiger charge is 2.51. The van der Waals surface area contributed by atoms with Gasteiger partial charge in [0.05, 0.1) is 8.80 Å². The Labute approximate surface area is 175 Å². The molecule has 1 aromatic carbocycles. The fourth-order valence-corrected chi connectivity index (χ4v) is 10.2. The molecule has 1 N–H and O–H groups in total. The van der Waals surface area contributed by atoms with Gasteiger partial charge in [-0.3, -0.25) is 4.55 Å². The third-order valence-electron chi connectivity index (χ3n) is 5.99. The van der Waals surface area contributed by atoms with Crippen LogP contribution in [0.1, 0.15) is 66.5 Å². The minimum Gasteiger partial charge on any atom is -0.285 e. The van der Waals surface area contributed by atoms with E-state index in [9.17, 15) is 13.0 Å². The highest BCUT2D eigenvalue weighted by molar-refractivity contribution is 7.88. The summed E-state index contributed by atoms with van der Waals surface area (Å²) in [6.45, 7) is 21.0. The van der Waals surface area contributed by atoms with Crippen LogP contribution in [-0.2, 0) is 19.9 Å². The topological polar surface area (TPSA) is 54.4 Å². The van der Waals surface area contributed by atoms with Crippen molar-refractivity contribution in [2.45, 2.75) is 77.3 Å². The molecule has 1 unspecified atom stereocenters. The van der Waals surface area contributed by atoms with Crippen LogP contribution in [0.2, 0.25) is 12.1 Å². The first-order valence-electron chi connectivity index (χ1n) is 10.3. The lowest BCUT2D eigenvalue weighted by molar-refractivity contribution is 0.368. The minimum atomic E-state index is -4.40. The fourth-order valence-electron chi connectivity index (χ4n) is 3.92. The van der Waals surface area contributed by atoms with Crippen LogP contribution in [0.5, 0.6) is 0 Å². The van der Waals surface area contributed by atoms with E-state index >= 15 is 0 Å². The first kappa shape index (κ1) is 25.1. The molecule has 159 valence electrons. The van der Waals surface area contributed by atoms with Crippen LogP contribution in [0.3, 0.4) is 0 Å². The zero-order valence-electron chi connectivity index (χ0n) is 18.9. The van der Waals surface area contributed by atoms with Gasteiger partial charge in [-0.05, 0) is 34.3 Å². The maximum atomic E-state index is 13.0. The molecule has 1 aromatic rings. The summed E-state index contributed by atoms with van der Waals surface area (Å²) in [5.74, 6) is 1.00. The van der Waals surface area contributed by atoms with Crippen LogP contribution < -0.4 is 0 Å². The maximum Gasteiger partial charge on any atom is 0.275 e. The molecule has 0 aromatic heterocycles. The molecule has 28 heavy (non-hydrogen) atoms. The number of benzene rings is 1. The molecule has 3 nitrogen and oxygen atoms in total. The molecule has 5 heteroatoms. The van der Waals surface area contributed by atoms with E-state index in [1.165, 1.54) is 6.08 Å². The van der Waals surface area contributed by atoms with Crippen molar-refractivity contribution in [2.75, 3.05) is 0 Å². The van der Waals surface area contributed by atoms with Gasteiger partial charge in [0.25, 0.3) is 10.1 Å². The zero-order valence-corrected chi connectivity index (χ0v) is 20.7. The largest absolute Gasteiger partial charge is 0.285 e. The third-order valence-corrected chi connectivity index (χ3v) is 13.0. The number of rotatable bonds is 10. The van der Waals surface area contributed by atoms with Gasteiger partial charge in [0.1, 0.15) is 4.37 Å². The normalized spacial score (nSPS) is 15.5. The van der Waals surface area contributed by atoms with E-state index < -0.39 is 23.3 Å². The summed E-state index contributed by atoms with van der Waals surface area (Å²) >= 11 is 0. The van der Waals surface area contributed by atoms with Gasteiger partial charge >= 0.3 is 0 Å². The van der Waals surface area contributed by atoms with Crippen molar-refractivity contribution < 1.29 is 13.0 Å². The molecule has 0 fully saturated rings. The zero-order chi connectivity index (χ0) is 21.9. The van der Waals surface area contributed by atoms with Crippen molar-refractivity contribution in [3.63, 3.8) is 0 Å². The lowest BCUT2D eigenvalue weighted by Gasteiger charge is -2.41. The second-order valence-corrected chi connectivity index (χ2v) is 14.4. The van der Waals surface area contributed by atoms with Crippen molar-refractivity contribution in [2.24, 2.45) is 17.8 Å². The fraction of sp³-hybridized carbons (Fsp3) is 0.652. The molecule has 1 rings (SSSR count). The van der Waals surface area contributed by atoms with Gasteiger partial charge in [0.2, 0.25) is 0 Å². The summed E-state index contributed by atoms with van der Waals surface area (Å²) in [4.78, 5) is 0. The quantitative estimate of drug-likeness (QED) is 0.275. The molecule has 0 spiro atoms. The Balaban J connectivity index is 3.95. The van der Waals surface area contributed by atoms with Gasteiger partial charge in [0, 0.05) is 0 Å². The second-order valence-electron chi connectivity index (χ2n) is 9.64. The van der Waals surface area contributed by atoms with E-state index in [0.29, 0.717) is 23.3 Å². The Bertz CT molecular complexity index is 756. The van der Waals surface area contributed by atoms with E-state index in [0.717, 1.165) is 17.7 Å². The number of hydrogen-bond donors (Lipinski definition) is 1. The van der Waals surface area contributed by atoms with Crippen LogP contribution in [0.25, 0.3) is 0 Å². The highest BCUT2D eigenvalue weighted by Crippen LogP contribution is 2.45. The number of hydrogen-bond acceptors (Lipinski definition) is 2. The second kappa shape index (κ2) is 9.27. The molecule has 0 bridgehead atoms. The molecule has 1 atom stereocenters. The standard InChI is InChI=1S/C23H39O3SSi/c1-10-23(27(24,25)26,28(15-17(2)3)16-18(4)5)21-14-12-11-13-20(21)22(8,9)19(6)7/h10-14,17-19H,1,15-16H2,2-9H3,(H,24,25,26). The first-order chi connectivity index (χ1) is 12.7. The van der Waals surface area contributed by atoms with Crippen molar-refractivity contribution in [1.29, 1.82) is 0 Å². The SMILES string of the molecule is C=CC(c1ccccc1C(C)(C)C(C)C)([Si](CC(C)C)CC(C)C)S(=O)(=O)O. The summed E-state index contributed by atoms with van der Waals surface area (Å²) in [7, 11) is -5.97. The van der Waals surface area contributed by atoms with Gasteiger partial charge in [-0.15, -0.1) is 6.58 Å². The monoisotopic (exact) mass is 423 g/mol. The van der Waals surface area contributed by atoms with Gasteiger partial charge in [0.15, 0.2) is 0 Å². The van der Waals surface area contributed by atoms with Crippen LogP contribution in [0.15, 0.2) is 36.9 Å². The van der Waals surface area contributed by atoms with Gasteiger partial charge in [-0.2, -0.15) is 8.42 Å². The molecular weight excluding hydrogens is 384 g/mol. The van der Waals surface area contributed by atoms with E-state index in [2.05, 4.69) is 62.0 Å². The van der Waals surface area contributed by atoms with Crippen molar-refractivity contribution in [1.82, 2.24) is 0 Å². The van der Waals surface area contributed by atoms with Crippen molar-refractivity contribution in [3.05, 3.63) is 48.0 Å². The average molecular weight is 424 g/mol. The Morgan fingerprint density at radius 2 is 1.43 bits per heavy atom. The maximum absolute atomic E-state index is 13.0. The Morgan fingerprint density at radius 1 is 1.00 bits per heavy atom. The summed E-state index contributed by atoms with van der Waals surface area (Å²) in [5.41, 5.74) is 1.46. The van der Waals surface area contributed by atoms with Crippen molar-refractivity contribution in [3.8, 4) is 0 Å². The molecule has 0 aliphatic rings. The highest BCUT2D eigenvalue weighted by atomic mass is 32.2. The van der Waals surface area contributed by atoms with E-state index in [1.54, 1.807) is 0 Å². The smallest absolute Gasteiger partial charge is 0.275 e. The lowest BCUT2D eigenvalue weighted by Crippen LogP contribution is -2.50. The van der Waals surface area contributed by atoms with Gasteiger partial charge in [-0.25, -0.2) is 0 Å². The summed E-state index contributed by atoms with van der Waals surface area (Å²) in [5, 5.41) is 0. The molecule has 0 heterocycles. The molecule has 0 saturated carbocycles. The van der Waals surface area contributed by atoms with E-state index in [1.807, 2.05) is 24.3 Å². The molecule has 0 saturated heterocycles. The van der Waals surface area contributed by atoms with Crippen LogP contribution >= 0.6 is 0 Å². The Morgan fingerprint density at radius 3 is 1.75 bits per heavy atom.